The van der Waals surface area contributed by atoms with Gasteiger partial charge in [-0.05, 0) is 26.0 Å². The topological polar surface area (TPSA) is 35.5 Å². The molecule has 0 fully saturated rings. The Hall–Kier alpha value is -2.29. The molecule has 0 heterocycles. The van der Waals surface area contributed by atoms with Gasteiger partial charge in [0.15, 0.2) is 0 Å². The van der Waals surface area contributed by atoms with E-state index in [2.05, 4.69) is 0 Å². The van der Waals surface area contributed by atoms with E-state index in [-0.39, 0.29) is 12.1 Å². The Morgan fingerprint density at radius 3 is 2.00 bits per heavy atom. The van der Waals surface area contributed by atoms with E-state index in [9.17, 15) is 4.79 Å². The molecule has 2 aromatic rings. The van der Waals surface area contributed by atoms with Crippen molar-refractivity contribution >= 4 is 5.97 Å². The first-order chi connectivity index (χ1) is 9.66. The number of ether oxygens (including phenoxy) is 2. The van der Waals surface area contributed by atoms with Crippen LogP contribution in [0.3, 0.4) is 0 Å². The largest absolute Gasteiger partial charge is 0.474 e. The molecule has 0 radical (unpaired) electrons. The van der Waals surface area contributed by atoms with Crippen molar-refractivity contribution in [1.29, 1.82) is 0 Å². The molecule has 104 valence electrons. The van der Waals surface area contributed by atoms with E-state index >= 15 is 0 Å². The third-order valence-electron chi connectivity index (χ3n) is 2.67. The van der Waals surface area contributed by atoms with Gasteiger partial charge in [-0.25, -0.2) is 4.79 Å². The van der Waals surface area contributed by atoms with Gasteiger partial charge in [0.2, 0.25) is 6.10 Å². The lowest BCUT2D eigenvalue weighted by atomic mass is 10.1. The first-order valence-electron chi connectivity index (χ1n) is 6.64. The zero-order valence-electron chi connectivity index (χ0n) is 11.7. The maximum absolute atomic E-state index is 12.2. The molecule has 3 nitrogen and oxygen atoms in total. The molecule has 0 aliphatic carbocycles. The summed E-state index contributed by atoms with van der Waals surface area (Å²) in [6, 6.07) is 18.6. The predicted molar refractivity (Wildman–Crippen MR) is 77.5 cm³/mol. The summed E-state index contributed by atoms with van der Waals surface area (Å²) in [4.78, 5) is 12.2. The van der Waals surface area contributed by atoms with Crippen LogP contribution in [0, 0.1) is 0 Å². The standard InChI is InChI=1S/C17H18O3/c1-13(2)19-17(18)16(14-9-5-3-6-10-14)20-15-11-7-4-8-12-15/h3-13,16H,1-2H3. The maximum Gasteiger partial charge on any atom is 0.352 e. The zero-order valence-corrected chi connectivity index (χ0v) is 11.7. The molecule has 3 heteroatoms. The van der Waals surface area contributed by atoms with Crippen LogP contribution in [0.2, 0.25) is 0 Å². The number of esters is 1. The van der Waals surface area contributed by atoms with Gasteiger partial charge in [-0.15, -0.1) is 0 Å². The smallest absolute Gasteiger partial charge is 0.352 e. The first-order valence-corrected chi connectivity index (χ1v) is 6.64. The number of hydrogen-bond acceptors (Lipinski definition) is 3. The molecule has 0 bridgehead atoms. The van der Waals surface area contributed by atoms with Crippen LogP contribution in [0.1, 0.15) is 25.5 Å². The van der Waals surface area contributed by atoms with Crippen LogP contribution < -0.4 is 4.74 Å². The summed E-state index contributed by atoms with van der Waals surface area (Å²) in [6.45, 7) is 3.64. The summed E-state index contributed by atoms with van der Waals surface area (Å²) >= 11 is 0. The van der Waals surface area contributed by atoms with Gasteiger partial charge in [0.05, 0.1) is 6.10 Å². The summed E-state index contributed by atoms with van der Waals surface area (Å²) < 4.78 is 11.1. The highest BCUT2D eigenvalue weighted by molar-refractivity contribution is 5.77. The van der Waals surface area contributed by atoms with Crippen LogP contribution in [0.15, 0.2) is 60.7 Å². The van der Waals surface area contributed by atoms with Crippen molar-refractivity contribution in [3.05, 3.63) is 66.2 Å². The van der Waals surface area contributed by atoms with E-state index < -0.39 is 6.10 Å². The van der Waals surface area contributed by atoms with Crippen LogP contribution in [-0.2, 0) is 9.53 Å². The lowest BCUT2D eigenvalue weighted by molar-refractivity contribution is -0.156. The van der Waals surface area contributed by atoms with Gasteiger partial charge in [0.25, 0.3) is 0 Å². The lowest BCUT2D eigenvalue weighted by Gasteiger charge is -2.19. The van der Waals surface area contributed by atoms with E-state index in [0.717, 1.165) is 5.56 Å². The minimum Gasteiger partial charge on any atom is -0.474 e. The monoisotopic (exact) mass is 270 g/mol. The maximum atomic E-state index is 12.2. The first kappa shape index (κ1) is 14.1. The number of carbonyl (C=O) groups is 1. The van der Waals surface area contributed by atoms with E-state index in [1.807, 2.05) is 74.5 Å². The van der Waals surface area contributed by atoms with E-state index in [4.69, 9.17) is 9.47 Å². The Kier molecular flexibility index (Phi) is 4.77. The van der Waals surface area contributed by atoms with Gasteiger partial charge in [-0.3, -0.25) is 0 Å². The van der Waals surface area contributed by atoms with E-state index in [1.54, 1.807) is 0 Å². The van der Waals surface area contributed by atoms with Gasteiger partial charge in [0.1, 0.15) is 5.75 Å². The highest BCUT2D eigenvalue weighted by Gasteiger charge is 2.25. The molecule has 0 spiro atoms. The molecule has 0 amide bonds. The summed E-state index contributed by atoms with van der Waals surface area (Å²) in [6.07, 6.45) is -0.922. The van der Waals surface area contributed by atoms with Crippen LogP contribution in [0.4, 0.5) is 0 Å². The highest BCUT2D eigenvalue weighted by atomic mass is 16.6. The third-order valence-corrected chi connectivity index (χ3v) is 2.67. The van der Waals surface area contributed by atoms with Crippen LogP contribution in [-0.4, -0.2) is 12.1 Å². The van der Waals surface area contributed by atoms with Crippen LogP contribution >= 0.6 is 0 Å². The number of rotatable bonds is 5. The molecule has 0 aromatic heterocycles. The molecule has 0 aliphatic heterocycles. The van der Waals surface area contributed by atoms with Gasteiger partial charge in [0, 0.05) is 5.56 Å². The Labute approximate surface area is 119 Å². The number of carbonyl (C=O) groups excluding carboxylic acids is 1. The van der Waals surface area contributed by atoms with Crippen molar-refractivity contribution in [3.8, 4) is 5.75 Å². The zero-order chi connectivity index (χ0) is 14.4. The molecule has 0 saturated carbocycles. The van der Waals surface area contributed by atoms with Gasteiger partial charge < -0.3 is 9.47 Å². The van der Waals surface area contributed by atoms with Crippen molar-refractivity contribution in [2.45, 2.75) is 26.1 Å². The summed E-state index contributed by atoms with van der Waals surface area (Å²) in [5.41, 5.74) is 0.780. The molecular weight excluding hydrogens is 252 g/mol. The molecule has 1 atom stereocenters. The fraction of sp³-hybridized carbons (Fsp3) is 0.235. The van der Waals surface area contributed by atoms with E-state index in [1.165, 1.54) is 0 Å². The summed E-state index contributed by atoms with van der Waals surface area (Å²) in [5, 5.41) is 0. The molecule has 2 aromatic carbocycles. The van der Waals surface area contributed by atoms with Crippen molar-refractivity contribution in [2.75, 3.05) is 0 Å². The Morgan fingerprint density at radius 1 is 0.900 bits per heavy atom. The van der Waals surface area contributed by atoms with Crippen molar-refractivity contribution < 1.29 is 14.3 Å². The molecular formula is C17H18O3. The second-order valence-electron chi connectivity index (χ2n) is 4.71. The number of hydrogen-bond donors (Lipinski definition) is 0. The van der Waals surface area contributed by atoms with E-state index in [0.29, 0.717) is 5.75 Å². The lowest BCUT2D eigenvalue weighted by Crippen LogP contribution is -2.24. The van der Waals surface area contributed by atoms with Crippen molar-refractivity contribution in [1.82, 2.24) is 0 Å². The van der Waals surface area contributed by atoms with Crippen LogP contribution in [0.25, 0.3) is 0 Å². The number of para-hydroxylation sites is 1. The fourth-order valence-corrected chi connectivity index (χ4v) is 1.81. The molecule has 2 rings (SSSR count). The molecule has 20 heavy (non-hydrogen) atoms. The third kappa shape index (κ3) is 3.85. The second kappa shape index (κ2) is 6.75. The van der Waals surface area contributed by atoms with Gasteiger partial charge in [-0.2, -0.15) is 0 Å². The summed E-state index contributed by atoms with van der Waals surface area (Å²) in [5.74, 6) is 0.261. The minimum absolute atomic E-state index is 0.173. The van der Waals surface area contributed by atoms with Crippen molar-refractivity contribution in [3.63, 3.8) is 0 Å². The number of benzene rings is 2. The molecule has 0 aliphatic rings. The molecule has 1 unspecified atom stereocenters. The Morgan fingerprint density at radius 2 is 1.45 bits per heavy atom. The quantitative estimate of drug-likeness (QED) is 0.776. The normalized spacial score (nSPS) is 11.9. The Balaban J connectivity index is 2.23. The minimum atomic E-state index is -0.749. The molecule has 0 N–H and O–H groups in total. The second-order valence-corrected chi connectivity index (χ2v) is 4.71. The summed E-state index contributed by atoms with van der Waals surface area (Å²) in [7, 11) is 0. The average molecular weight is 270 g/mol. The van der Waals surface area contributed by atoms with Crippen LogP contribution in [0.5, 0.6) is 5.75 Å². The van der Waals surface area contributed by atoms with Gasteiger partial charge >= 0.3 is 5.97 Å². The highest BCUT2D eigenvalue weighted by Crippen LogP contribution is 2.23. The van der Waals surface area contributed by atoms with Crippen molar-refractivity contribution in [2.24, 2.45) is 0 Å². The average Bonchev–Trinajstić information content (AvgIpc) is 2.46. The molecule has 0 saturated heterocycles. The SMILES string of the molecule is CC(C)OC(=O)C(Oc1ccccc1)c1ccccc1. The fourth-order valence-electron chi connectivity index (χ4n) is 1.81. The Bertz CT molecular complexity index is 535. The predicted octanol–water partition coefficient (Wildman–Crippen LogP) is 3.76. The van der Waals surface area contributed by atoms with Gasteiger partial charge in [-0.1, -0.05) is 48.5 Å².